The van der Waals surface area contributed by atoms with Crippen LogP contribution in [0.4, 0.5) is 5.69 Å². The van der Waals surface area contributed by atoms with Gasteiger partial charge in [-0.2, -0.15) is 0 Å². The molecule has 1 amide bonds. The maximum atomic E-state index is 11.6. The van der Waals surface area contributed by atoms with E-state index in [4.69, 9.17) is 17.3 Å². The first kappa shape index (κ1) is 12.0. The van der Waals surface area contributed by atoms with Gasteiger partial charge in [-0.1, -0.05) is 17.7 Å². The first-order valence-electron chi connectivity index (χ1n) is 4.67. The lowest BCUT2D eigenvalue weighted by Gasteiger charge is -2.18. The fourth-order valence-electron chi connectivity index (χ4n) is 0.963. The second-order valence-corrected chi connectivity index (χ2v) is 4.55. The van der Waals surface area contributed by atoms with Gasteiger partial charge in [0.1, 0.15) is 0 Å². The molecule has 0 aliphatic heterocycles. The molecule has 0 aliphatic carbocycles. The van der Waals surface area contributed by atoms with Crippen LogP contribution in [0.15, 0.2) is 18.2 Å². The van der Waals surface area contributed by atoms with E-state index in [1.54, 1.807) is 26.0 Å². The molecule has 4 heteroatoms. The summed E-state index contributed by atoms with van der Waals surface area (Å²) in [5, 5.41) is 3.33. The van der Waals surface area contributed by atoms with E-state index in [0.717, 1.165) is 5.56 Å². The van der Waals surface area contributed by atoms with E-state index < -0.39 is 5.54 Å². The quantitative estimate of drug-likeness (QED) is 0.813. The first-order chi connectivity index (χ1) is 6.80. The molecule has 0 atom stereocenters. The van der Waals surface area contributed by atoms with E-state index in [0.29, 0.717) is 10.7 Å². The molecule has 1 aromatic rings. The summed E-state index contributed by atoms with van der Waals surface area (Å²) in [7, 11) is 0. The van der Waals surface area contributed by atoms with Crippen LogP contribution < -0.4 is 11.1 Å². The van der Waals surface area contributed by atoms with E-state index in [2.05, 4.69) is 5.32 Å². The predicted octanol–water partition coefficient (Wildman–Crippen LogP) is 2.32. The fourth-order valence-corrected chi connectivity index (χ4v) is 1.14. The molecule has 1 rings (SSSR count). The number of anilines is 1. The summed E-state index contributed by atoms with van der Waals surface area (Å²) in [6, 6.07) is 5.35. The van der Waals surface area contributed by atoms with Gasteiger partial charge < -0.3 is 11.1 Å². The molecule has 82 valence electrons. The molecule has 0 saturated heterocycles. The average molecular weight is 227 g/mol. The molecule has 0 saturated carbocycles. The fraction of sp³-hybridized carbons (Fsp3) is 0.364. The molecule has 0 radical (unpaired) electrons. The van der Waals surface area contributed by atoms with Crippen molar-refractivity contribution in [2.45, 2.75) is 26.3 Å². The van der Waals surface area contributed by atoms with Gasteiger partial charge in [0, 0.05) is 10.7 Å². The minimum atomic E-state index is -0.892. The number of nitrogens with one attached hydrogen (secondary N) is 1. The van der Waals surface area contributed by atoms with Crippen LogP contribution >= 0.6 is 11.6 Å². The molecular weight excluding hydrogens is 212 g/mol. The normalized spacial score (nSPS) is 11.3. The van der Waals surface area contributed by atoms with Gasteiger partial charge in [0.15, 0.2) is 0 Å². The predicted molar refractivity (Wildman–Crippen MR) is 63.1 cm³/mol. The van der Waals surface area contributed by atoms with E-state index in [9.17, 15) is 4.79 Å². The molecule has 0 fully saturated rings. The van der Waals surface area contributed by atoms with E-state index in [1.165, 1.54) is 0 Å². The van der Waals surface area contributed by atoms with Crippen molar-refractivity contribution in [1.29, 1.82) is 0 Å². The highest BCUT2D eigenvalue weighted by molar-refractivity contribution is 6.31. The van der Waals surface area contributed by atoms with Crippen LogP contribution in [0.1, 0.15) is 19.4 Å². The van der Waals surface area contributed by atoms with Crippen LogP contribution in [0.3, 0.4) is 0 Å². The van der Waals surface area contributed by atoms with Crippen molar-refractivity contribution < 1.29 is 4.79 Å². The Hall–Kier alpha value is -1.06. The van der Waals surface area contributed by atoms with Crippen molar-refractivity contribution in [2.75, 3.05) is 5.32 Å². The monoisotopic (exact) mass is 226 g/mol. The number of amides is 1. The third-order valence-electron chi connectivity index (χ3n) is 2.01. The molecule has 0 unspecified atom stereocenters. The summed E-state index contributed by atoms with van der Waals surface area (Å²) >= 11 is 5.93. The minimum absolute atomic E-state index is 0.234. The van der Waals surface area contributed by atoms with Crippen molar-refractivity contribution in [1.82, 2.24) is 0 Å². The number of hydrogen-bond acceptors (Lipinski definition) is 2. The lowest BCUT2D eigenvalue weighted by molar-refractivity contribution is -0.120. The molecule has 3 nitrogen and oxygen atoms in total. The third-order valence-corrected chi connectivity index (χ3v) is 2.42. The summed E-state index contributed by atoms with van der Waals surface area (Å²) in [6.07, 6.45) is 0. The number of aryl methyl sites for hydroxylation is 1. The van der Waals surface area contributed by atoms with Crippen molar-refractivity contribution >= 4 is 23.2 Å². The van der Waals surface area contributed by atoms with Gasteiger partial charge in [0.2, 0.25) is 5.91 Å². The number of carbonyl (C=O) groups excluding carboxylic acids is 1. The second-order valence-electron chi connectivity index (χ2n) is 4.14. The summed E-state index contributed by atoms with van der Waals surface area (Å²) in [6.45, 7) is 5.21. The third kappa shape index (κ3) is 3.22. The topological polar surface area (TPSA) is 55.1 Å². The van der Waals surface area contributed by atoms with Gasteiger partial charge >= 0.3 is 0 Å². The lowest BCUT2D eigenvalue weighted by Crippen LogP contribution is -2.45. The smallest absolute Gasteiger partial charge is 0.243 e. The van der Waals surface area contributed by atoms with Crippen LogP contribution in [-0.4, -0.2) is 11.4 Å². The number of rotatable bonds is 2. The Morgan fingerprint density at radius 1 is 1.47 bits per heavy atom. The molecular formula is C11H15ClN2O. The molecule has 0 spiro atoms. The lowest BCUT2D eigenvalue weighted by atomic mass is 10.1. The van der Waals surface area contributed by atoms with Crippen molar-refractivity contribution in [3.05, 3.63) is 28.8 Å². The minimum Gasteiger partial charge on any atom is -0.324 e. The zero-order valence-corrected chi connectivity index (χ0v) is 9.85. The molecule has 0 aliphatic rings. The van der Waals surface area contributed by atoms with Crippen LogP contribution in [0.5, 0.6) is 0 Å². The number of halogens is 1. The van der Waals surface area contributed by atoms with E-state index in [-0.39, 0.29) is 5.91 Å². The summed E-state index contributed by atoms with van der Waals surface area (Å²) in [4.78, 5) is 11.6. The average Bonchev–Trinajstić information content (AvgIpc) is 2.10. The number of nitrogens with two attached hydrogens (primary N) is 1. The van der Waals surface area contributed by atoms with E-state index in [1.807, 2.05) is 13.0 Å². The Kier molecular flexibility index (Phi) is 3.37. The highest BCUT2D eigenvalue weighted by Crippen LogP contribution is 2.20. The Morgan fingerprint density at radius 2 is 2.07 bits per heavy atom. The maximum Gasteiger partial charge on any atom is 0.243 e. The van der Waals surface area contributed by atoms with Crippen LogP contribution in [0.25, 0.3) is 0 Å². The van der Waals surface area contributed by atoms with Crippen molar-refractivity contribution in [2.24, 2.45) is 5.73 Å². The molecule has 0 aromatic heterocycles. The number of hydrogen-bond donors (Lipinski definition) is 2. The van der Waals surface area contributed by atoms with Gasteiger partial charge in [-0.05, 0) is 38.5 Å². The second kappa shape index (κ2) is 4.21. The van der Waals surface area contributed by atoms with Crippen LogP contribution in [0.2, 0.25) is 5.02 Å². The Morgan fingerprint density at radius 3 is 2.53 bits per heavy atom. The standard InChI is InChI=1S/C11H15ClN2O/c1-7-4-5-8(6-9(7)12)14-10(15)11(2,3)13/h4-6H,13H2,1-3H3,(H,14,15). The molecule has 1 aromatic carbocycles. The summed E-state index contributed by atoms with van der Waals surface area (Å²) < 4.78 is 0. The van der Waals surface area contributed by atoms with Gasteiger partial charge in [-0.25, -0.2) is 0 Å². The highest BCUT2D eigenvalue weighted by Gasteiger charge is 2.21. The molecule has 3 N–H and O–H groups in total. The first-order valence-corrected chi connectivity index (χ1v) is 5.05. The zero-order valence-electron chi connectivity index (χ0n) is 9.10. The molecule has 0 bridgehead atoms. The van der Waals surface area contributed by atoms with Crippen molar-refractivity contribution in [3.8, 4) is 0 Å². The maximum absolute atomic E-state index is 11.6. The van der Waals surface area contributed by atoms with Crippen LogP contribution in [0, 0.1) is 6.92 Å². The largest absolute Gasteiger partial charge is 0.324 e. The Labute approximate surface area is 94.6 Å². The van der Waals surface area contributed by atoms with E-state index >= 15 is 0 Å². The summed E-state index contributed by atoms with van der Waals surface area (Å²) in [5.74, 6) is -0.234. The van der Waals surface area contributed by atoms with Crippen molar-refractivity contribution in [3.63, 3.8) is 0 Å². The number of carbonyl (C=O) groups is 1. The molecule has 0 heterocycles. The SMILES string of the molecule is Cc1ccc(NC(=O)C(C)(C)N)cc1Cl. The van der Waals surface area contributed by atoms with Gasteiger partial charge in [-0.3, -0.25) is 4.79 Å². The number of benzene rings is 1. The summed E-state index contributed by atoms with van der Waals surface area (Å²) in [5.41, 5.74) is 6.39. The Bertz CT molecular complexity index is 383. The van der Waals surface area contributed by atoms with Gasteiger partial charge in [0.05, 0.1) is 5.54 Å². The highest BCUT2D eigenvalue weighted by atomic mass is 35.5. The molecule has 15 heavy (non-hydrogen) atoms. The zero-order chi connectivity index (χ0) is 11.6. The Balaban J connectivity index is 2.83. The van der Waals surface area contributed by atoms with Gasteiger partial charge in [0.25, 0.3) is 0 Å². The van der Waals surface area contributed by atoms with Gasteiger partial charge in [-0.15, -0.1) is 0 Å². The van der Waals surface area contributed by atoms with Crippen LogP contribution in [-0.2, 0) is 4.79 Å².